The number of imidazole rings is 1. The number of benzene rings is 2. The Kier molecular flexibility index (Phi) is 5.64. The van der Waals surface area contributed by atoms with Gasteiger partial charge >= 0.3 is 0 Å². The van der Waals surface area contributed by atoms with Crippen molar-refractivity contribution in [3.05, 3.63) is 83.1 Å². The highest BCUT2D eigenvalue weighted by molar-refractivity contribution is 9.10. The fourth-order valence-corrected chi connectivity index (χ4v) is 2.86. The van der Waals surface area contributed by atoms with E-state index in [1.54, 1.807) is 18.3 Å². The average molecular weight is 389 g/mol. The van der Waals surface area contributed by atoms with Crippen molar-refractivity contribution in [2.75, 3.05) is 6.61 Å². The molecule has 0 fully saturated rings. The van der Waals surface area contributed by atoms with Crippen molar-refractivity contribution in [3.8, 4) is 5.75 Å². The molecule has 0 bridgehead atoms. The fourth-order valence-electron chi connectivity index (χ4n) is 2.60. The first-order valence-electron chi connectivity index (χ1n) is 7.80. The molecule has 0 radical (unpaired) electrons. The topological polar surface area (TPSA) is 27.1 Å². The molecule has 1 unspecified atom stereocenters. The van der Waals surface area contributed by atoms with Crippen molar-refractivity contribution >= 4 is 15.9 Å². The maximum atomic E-state index is 12.9. The molecule has 3 nitrogen and oxygen atoms in total. The molecule has 24 heavy (non-hydrogen) atoms. The summed E-state index contributed by atoms with van der Waals surface area (Å²) in [5.74, 6) is 0.747. The van der Waals surface area contributed by atoms with Gasteiger partial charge in [0.15, 0.2) is 0 Å². The second-order valence-corrected chi connectivity index (χ2v) is 6.51. The van der Waals surface area contributed by atoms with Crippen LogP contribution in [0.3, 0.4) is 0 Å². The minimum Gasteiger partial charge on any atom is -0.494 e. The molecule has 0 N–H and O–H groups in total. The molecule has 0 spiro atoms. The van der Waals surface area contributed by atoms with Gasteiger partial charge in [-0.1, -0.05) is 28.1 Å². The van der Waals surface area contributed by atoms with E-state index in [-0.39, 0.29) is 5.82 Å². The molecule has 0 amide bonds. The van der Waals surface area contributed by atoms with Crippen molar-refractivity contribution in [3.63, 3.8) is 0 Å². The first-order chi connectivity index (χ1) is 11.7. The molecule has 0 aliphatic heterocycles. The molecular formula is C19H18BrFN2O. The molecule has 1 aromatic heterocycles. The summed E-state index contributed by atoms with van der Waals surface area (Å²) < 4.78 is 21.8. The van der Waals surface area contributed by atoms with E-state index in [0.717, 1.165) is 17.4 Å². The monoisotopic (exact) mass is 388 g/mol. The van der Waals surface area contributed by atoms with Crippen LogP contribution < -0.4 is 4.74 Å². The van der Waals surface area contributed by atoms with Gasteiger partial charge in [-0.3, -0.25) is 0 Å². The van der Waals surface area contributed by atoms with Gasteiger partial charge in [-0.05, 0) is 48.4 Å². The highest BCUT2D eigenvalue weighted by atomic mass is 79.9. The van der Waals surface area contributed by atoms with Crippen LogP contribution in [-0.2, 0) is 6.54 Å². The highest BCUT2D eigenvalue weighted by Gasteiger charge is 2.13. The summed E-state index contributed by atoms with van der Waals surface area (Å²) >= 11 is 3.47. The van der Waals surface area contributed by atoms with Gasteiger partial charge in [-0.25, -0.2) is 9.37 Å². The van der Waals surface area contributed by atoms with E-state index in [2.05, 4.69) is 49.7 Å². The molecule has 0 saturated carbocycles. The molecule has 1 heterocycles. The molecule has 3 rings (SSSR count). The van der Waals surface area contributed by atoms with E-state index in [9.17, 15) is 4.39 Å². The third-order valence-corrected chi connectivity index (χ3v) is 4.41. The first kappa shape index (κ1) is 16.7. The summed E-state index contributed by atoms with van der Waals surface area (Å²) in [4.78, 5) is 4.11. The van der Waals surface area contributed by atoms with Crippen LogP contribution in [0.15, 0.2) is 71.7 Å². The Morgan fingerprint density at radius 3 is 2.50 bits per heavy atom. The number of rotatable bonds is 7. The van der Waals surface area contributed by atoms with Gasteiger partial charge in [0.1, 0.15) is 11.6 Å². The molecule has 5 heteroatoms. The smallest absolute Gasteiger partial charge is 0.123 e. The standard InChI is InChI=1S/C19H18BrFN2O/c20-17-3-1-15(2-4-17)16(13-23-11-10-22-14-23)9-12-24-19-7-5-18(21)6-8-19/h1-8,10-11,14,16H,9,12-13H2. The van der Waals surface area contributed by atoms with Crippen LogP contribution in [0.25, 0.3) is 0 Å². The fraction of sp³-hybridized carbons (Fsp3) is 0.211. The normalized spacial score (nSPS) is 12.1. The van der Waals surface area contributed by atoms with Gasteiger partial charge in [-0.2, -0.15) is 0 Å². The number of hydrogen-bond donors (Lipinski definition) is 0. The summed E-state index contributed by atoms with van der Waals surface area (Å²) in [6, 6.07) is 14.5. The summed E-state index contributed by atoms with van der Waals surface area (Å²) in [7, 11) is 0. The zero-order chi connectivity index (χ0) is 16.8. The number of aromatic nitrogens is 2. The van der Waals surface area contributed by atoms with Gasteiger partial charge < -0.3 is 9.30 Å². The zero-order valence-corrected chi connectivity index (χ0v) is 14.7. The maximum Gasteiger partial charge on any atom is 0.123 e. The lowest BCUT2D eigenvalue weighted by Crippen LogP contribution is -2.12. The SMILES string of the molecule is Fc1ccc(OCCC(Cn2ccnc2)c2ccc(Br)cc2)cc1. The van der Waals surface area contributed by atoms with E-state index in [4.69, 9.17) is 4.74 Å². The second-order valence-electron chi connectivity index (χ2n) is 5.60. The lowest BCUT2D eigenvalue weighted by atomic mass is 9.96. The Bertz CT molecular complexity index is 742. The van der Waals surface area contributed by atoms with Crippen LogP contribution in [0.5, 0.6) is 5.75 Å². The third-order valence-electron chi connectivity index (χ3n) is 3.88. The van der Waals surface area contributed by atoms with Crippen molar-refractivity contribution in [1.29, 1.82) is 0 Å². The van der Waals surface area contributed by atoms with Crippen molar-refractivity contribution in [2.24, 2.45) is 0 Å². The summed E-state index contributed by atoms with van der Waals surface area (Å²) in [5, 5.41) is 0. The van der Waals surface area contributed by atoms with E-state index in [0.29, 0.717) is 18.3 Å². The minimum absolute atomic E-state index is 0.254. The molecule has 3 aromatic rings. The second kappa shape index (κ2) is 8.11. The first-order valence-corrected chi connectivity index (χ1v) is 8.59. The Morgan fingerprint density at radius 1 is 1.08 bits per heavy atom. The van der Waals surface area contributed by atoms with Crippen molar-refractivity contribution in [2.45, 2.75) is 18.9 Å². The predicted molar refractivity (Wildman–Crippen MR) is 95.6 cm³/mol. The molecule has 0 aliphatic rings. The number of halogens is 2. The summed E-state index contributed by atoms with van der Waals surface area (Å²) in [5.41, 5.74) is 1.26. The molecule has 2 aromatic carbocycles. The average Bonchev–Trinajstić information content (AvgIpc) is 3.10. The van der Waals surface area contributed by atoms with Crippen LogP contribution in [0, 0.1) is 5.82 Å². The van der Waals surface area contributed by atoms with Crippen LogP contribution in [0.4, 0.5) is 4.39 Å². The largest absolute Gasteiger partial charge is 0.494 e. The van der Waals surface area contributed by atoms with Crippen molar-refractivity contribution in [1.82, 2.24) is 9.55 Å². The zero-order valence-electron chi connectivity index (χ0n) is 13.1. The number of nitrogens with zero attached hydrogens (tertiary/aromatic N) is 2. The summed E-state index contributed by atoms with van der Waals surface area (Å²) in [6.07, 6.45) is 6.43. The van der Waals surface area contributed by atoms with Gasteiger partial charge in [0.2, 0.25) is 0 Å². The van der Waals surface area contributed by atoms with Gasteiger partial charge in [0, 0.05) is 29.3 Å². The predicted octanol–water partition coefficient (Wildman–Crippen LogP) is 5.04. The Morgan fingerprint density at radius 2 is 1.83 bits per heavy atom. The number of hydrogen-bond acceptors (Lipinski definition) is 2. The molecular weight excluding hydrogens is 371 g/mol. The maximum absolute atomic E-state index is 12.9. The third kappa shape index (κ3) is 4.68. The number of ether oxygens (including phenoxy) is 1. The van der Waals surface area contributed by atoms with Gasteiger partial charge in [0.25, 0.3) is 0 Å². The van der Waals surface area contributed by atoms with Crippen LogP contribution in [0.2, 0.25) is 0 Å². The molecule has 124 valence electrons. The van der Waals surface area contributed by atoms with Crippen LogP contribution in [-0.4, -0.2) is 16.2 Å². The molecule has 1 atom stereocenters. The Hall–Kier alpha value is -2.14. The Balaban J connectivity index is 1.65. The van der Waals surface area contributed by atoms with Gasteiger partial charge in [-0.15, -0.1) is 0 Å². The van der Waals surface area contributed by atoms with E-state index in [1.807, 2.05) is 12.5 Å². The van der Waals surface area contributed by atoms with Crippen LogP contribution >= 0.6 is 15.9 Å². The van der Waals surface area contributed by atoms with Gasteiger partial charge in [0.05, 0.1) is 12.9 Å². The Labute approximate surface area is 149 Å². The highest BCUT2D eigenvalue weighted by Crippen LogP contribution is 2.24. The molecule has 0 aliphatic carbocycles. The van der Waals surface area contributed by atoms with Crippen LogP contribution in [0.1, 0.15) is 17.9 Å². The lowest BCUT2D eigenvalue weighted by Gasteiger charge is -2.18. The molecule has 0 saturated heterocycles. The quantitative estimate of drug-likeness (QED) is 0.566. The minimum atomic E-state index is -0.254. The van der Waals surface area contributed by atoms with E-state index in [1.165, 1.54) is 17.7 Å². The van der Waals surface area contributed by atoms with E-state index >= 15 is 0 Å². The summed E-state index contributed by atoms with van der Waals surface area (Å²) in [6.45, 7) is 1.41. The lowest BCUT2D eigenvalue weighted by molar-refractivity contribution is 0.290. The van der Waals surface area contributed by atoms with Crippen molar-refractivity contribution < 1.29 is 9.13 Å². The van der Waals surface area contributed by atoms with E-state index < -0.39 is 0 Å².